The minimum Gasteiger partial charge on any atom is -0.472 e. The van der Waals surface area contributed by atoms with Gasteiger partial charge in [0.1, 0.15) is 6.61 Å². The number of rotatable bonds is 5. The molecule has 1 amide bonds. The predicted molar refractivity (Wildman–Crippen MR) is 82.6 cm³/mol. The van der Waals surface area contributed by atoms with Gasteiger partial charge in [0.25, 0.3) is 5.91 Å². The molecule has 1 N–H and O–H groups in total. The molecule has 0 spiro atoms. The molecule has 2 aromatic rings. The van der Waals surface area contributed by atoms with E-state index < -0.39 is 11.4 Å². The molecule has 0 aliphatic carbocycles. The van der Waals surface area contributed by atoms with E-state index in [1.54, 1.807) is 0 Å². The molecule has 0 unspecified atom stereocenters. The maximum atomic E-state index is 12.7. The minimum atomic E-state index is -4.50. The van der Waals surface area contributed by atoms with E-state index >= 15 is 0 Å². The number of carbonyl (C=O) groups excluding carboxylic acids is 1. The molecule has 0 saturated heterocycles. The van der Waals surface area contributed by atoms with Crippen molar-refractivity contribution in [2.24, 2.45) is 0 Å². The van der Waals surface area contributed by atoms with Crippen LogP contribution in [0.25, 0.3) is 0 Å². The van der Waals surface area contributed by atoms with E-state index in [0.29, 0.717) is 0 Å². The Hall–Kier alpha value is -1.52. The highest BCUT2D eigenvalue weighted by atomic mass is 35.5. The Morgan fingerprint density at radius 3 is 2.74 bits per heavy atom. The first kappa shape index (κ1) is 17.8. The van der Waals surface area contributed by atoms with Crippen LogP contribution in [0.4, 0.5) is 13.2 Å². The van der Waals surface area contributed by atoms with Crippen molar-refractivity contribution in [2.75, 3.05) is 0 Å². The lowest BCUT2D eigenvalue weighted by Gasteiger charge is -2.14. The van der Waals surface area contributed by atoms with Crippen molar-refractivity contribution < 1.29 is 22.7 Å². The van der Waals surface area contributed by atoms with Crippen LogP contribution in [0.2, 0.25) is 0 Å². The van der Waals surface area contributed by atoms with E-state index in [4.69, 9.17) is 16.5 Å². The van der Waals surface area contributed by atoms with Gasteiger partial charge in [-0.3, -0.25) is 9.63 Å². The molecular weight excluding hydrogens is 375 g/mol. The van der Waals surface area contributed by atoms with Crippen LogP contribution in [0.3, 0.4) is 0 Å². The maximum absolute atomic E-state index is 12.7. The van der Waals surface area contributed by atoms with Gasteiger partial charge in [0.05, 0.1) is 0 Å². The second-order valence-electron chi connectivity index (χ2n) is 4.12. The van der Waals surface area contributed by atoms with Crippen molar-refractivity contribution in [3.63, 3.8) is 0 Å². The van der Waals surface area contributed by atoms with Crippen LogP contribution in [-0.2, 0) is 6.61 Å². The number of nitrogens with zero attached hydrogens (tertiary/aromatic N) is 2. The summed E-state index contributed by atoms with van der Waals surface area (Å²) in [7, 11) is 0. The van der Waals surface area contributed by atoms with Gasteiger partial charge in [0, 0.05) is 40.1 Å². The molecule has 0 bridgehead atoms. The average Bonchev–Trinajstić information content (AvgIpc) is 2.89. The van der Waals surface area contributed by atoms with Crippen molar-refractivity contribution in [1.82, 2.24) is 14.0 Å². The van der Waals surface area contributed by atoms with E-state index in [1.165, 1.54) is 34.5 Å². The molecule has 0 atom stereocenters. The van der Waals surface area contributed by atoms with Crippen molar-refractivity contribution in [3.8, 4) is 5.88 Å². The Morgan fingerprint density at radius 2 is 2.17 bits per heavy atom. The molecule has 0 aliphatic rings. The lowest BCUT2D eigenvalue weighted by molar-refractivity contribution is -0.0328. The number of benzene rings is 1. The fraction of sp³-hybridized carbons (Fsp3) is 0.167. The summed E-state index contributed by atoms with van der Waals surface area (Å²) in [6, 6.07) is 5.42. The highest BCUT2D eigenvalue weighted by molar-refractivity contribution is 8.00. The number of hydrogen-bond acceptors (Lipinski definition) is 5. The summed E-state index contributed by atoms with van der Waals surface area (Å²) in [5.41, 5.74) is -4.46. The van der Waals surface area contributed by atoms with Gasteiger partial charge in [0.2, 0.25) is 5.88 Å². The average molecular weight is 384 g/mol. The molecular formula is C12H9ClF3N3O2S2. The van der Waals surface area contributed by atoms with E-state index in [0.717, 1.165) is 0 Å². The number of halogens is 4. The van der Waals surface area contributed by atoms with Crippen LogP contribution in [0.5, 0.6) is 5.88 Å². The quantitative estimate of drug-likeness (QED) is 0.470. The highest BCUT2D eigenvalue weighted by Crippen LogP contribution is 2.39. The molecule has 2 rings (SSSR count). The minimum absolute atomic E-state index is 0.0143. The van der Waals surface area contributed by atoms with Crippen LogP contribution >= 0.6 is 36.4 Å². The lowest BCUT2D eigenvalue weighted by atomic mass is 10.1. The molecule has 0 saturated carbocycles. The van der Waals surface area contributed by atoms with Gasteiger partial charge in [-0.2, -0.15) is 13.2 Å². The van der Waals surface area contributed by atoms with Gasteiger partial charge in [-0.1, -0.05) is 6.07 Å². The standard InChI is InChI=1S/C12H9ClF3N3O2S2/c13-17-11(20)7-2-1-3-9(23-12(14,15)16)8(7)6-21-10-4-5-19(22)18-10/h1-5,22H,6H2,(H,17,20). The van der Waals surface area contributed by atoms with E-state index in [2.05, 4.69) is 17.9 Å². The van der Waals surface area contributed by atoms with Crippen LogP contribution in [0.1, 0.15) is 15.9 Å². The molecule has 5 nitrogen and oxygen atoms in total. The van der Waals surface area contributed by atoms with Gasteiger partial charge < -0.3 is 4.74 Å². The van der Waals surface area contributed by atoms with E-state index in [9.17, 15) is 18.0 Å². The maximum Gasteiger partial charge on any atom is 0.446 e. The Morgan fingerprint density at radius 1 is 1.43 bits per heavy atom. The SMILES string of the molecule is O=C(NCl)c1cccc(SC(F)(F)F)c1COc1ccn(S)n1. The number of amides is 1. The second-order valence-corrected chi connectivity index (χ2v) is 5.82. The molecule has 1 aromatic carbocycles. The normalized spacial score (nSPS) is 11.3. The number of aromatic nitrogens is 2. The first-order chi connectivity index (χ1) is 10.8. The third-order valence-electron chi connectivity index (χ3n) is 2.61. The zero-order chi connectivity index (χ0) is 17.0. The topological polar surface area (TPSA) is 56.1 Å². The fourth-order valence-electron chi connectivity index (χ4n) is 1.72. The molecule has 0 radical (unpaired) electrons. The van der Waals surface area contributed by atoms with E-state index in [1.807, 2.05) is 4.84 Å². The van der Waals surface area contributed by atoms with Crippen LogP contribution < -0.4 is 9.57 Å². The number of alkyl halides is 3. The van der Waals surface area contributed by atoms with Gasteiger partial charge >= 0.3 is 5.51 Å². The number of thiol groups is 1. The van der Waals surface area contributed by atoms with Gasteiger partial charge in [-0.25, -0.2) is 4.09 Å². The smallest absolute Gasteiger partial charge is 0.446 e. The second kappa shape index (κ2) is 7.37. The molecule has 11 heteroatoms. The Labute approximate surface area is 143 Å². The number of thioether (sulfide) groups is 1. The van der Waals surface area contributed by atoms with Crippen molar-refractivity contribution in [1.29, 1.82) is 0 Å². The van der Waals surface area contributed by atoms with Crippen LogP contribution in [0.15, 0.2) is 35.4 Å². The first-order valence-electron chi connectivity index (χ1n) is 5.96. The zero-order valence-electron chi connectivity index (χ0n) is 11.2. The summed E-state index contributed by atoms with van der Waals surface area (Å²) in [5, 5.41) is 3.83. The zero-order valence-corrected chi connectivity index (χ0v) is 13.6. The Bertz CT molecular complexity index is 709. The van der Waals surface area contributed by atoms with Crippen LogP contribution in [-0.4, -0.2) is 20.6 Å². The van der Waals surface area contributed by atoms with Crippen molar-refractivity contribution in [2.45, 2.75) is 17.0 Å². The summed E-state index contributed by atoms with van der Waals surface area (Å²) in [6.07, 6.45) is 1.49. The third kappa shape index (κ3) is 4.98. The van der Waals surface area contributed by atoms with Crippen molar-refractivity contribution in [3.05, 3.63) is 41.6 Å². The summed E-state index contributed by atoms with van der Waals surface area (Å²) in [6.45, 7) is -0.288. The predicted octanol–water partition coefficient (Wildman–Crippen LogP) is 3.65. The van der Waals surface area contributed by atoms with Gasteiger partial charge in [-0.05, 0) is 36.7 Å². The third-order valence-corrected chi connectivity index (χ3v) is 3.83. The molecule has 0 aliphatic heterocycles. The summed E-state index contributed by atoms with van der Waals surface area (Å²) in [5.74, 6) is -0.571. The molecule has 124 valence electrons. The molecule has 23 heavy (non-hydrogen) atoms. The molecule has 1 heterocycles. The molecule has 0 fully saturated rings. The first-order valence-corrected chi connectivity index (χ1v) is 7.56. The fourth-order valence-corrected chi connectivity index (χ4v) is 2.66. The lowest BCUT2D eigenvalue weighted by Crippen LogP contribution is -2.17. The van der Waals surface area contributed by atoms with Gasteiger partial charge in [0.15, 0.2) is 0 Å². The van der Waals surface area contributed by atoms with Crippen molar-refractivity contribution >= 4 is 42.3 Å². The van der Waals surface area contributed by atoms with Crippen LogP contribution in [0, 0.1) is 0 Å². The Balaban J connectivity index is 2.33. The van der Waals surface area contributed by atoms with E-state index in [-0.39, 0.29) is 40.3 Å². The largest absolute Gasteiger partial charge is 0.472 e. The van der Waals surface area contributed by atoms with Gasteiger partial charge in [-0.15, -0.1) is 5.10 Å². The highest BCUT2D eigenvalue weighted by Gasteiger charge is 2.31. The number of hydrogen-bond donors (Lipinski definition) is 2. The summed E-state index contributed by atoms with van der Waals surface area (Å²) >= 11 is 8.86. The monoisotopic (exact) mass is 383 g/mol. The summed E-state index contributed by atoms with van der Waals surface area (Å²) < 4.78 is 44.5. The summed E-state index contributed by atoms with van der Waals surface area (Å²) in [4.78, 5) is 13.5. The number of nitrogens with one attached hydrogen (secondary N) is 1. The molecule has 1 aromatic heterocycles. The number of carbonyl (C=O) groups is 1. The number of ether oxygens (including phenoxy) is 1. The Kier molecular flexibility index (Phi) is 5.71.